The minimum Gasteiger partial charge on any atom is -0.453 e. The summed E-state index contributed by atoms with van der Waals surface area (Å²) >= 11 is 0. The third-order valence-corrected chi connectivity index (χ3v) is 3.58. The van der Waals surface area contributed by atoms with Gasteiger partial charge in [-0.1, -0.05) is 0 Å². The molecule has 0 amide bonds. The lowest BCUT2D eigenvalue weighted by Gasteiger charge is -2.24. The molecular formula is C13H16O7S. The Bertz CT molecular complexity index is 663. The summed E-state index contributed by atoms with van der Waals surface area (Å²) in [5, 5.41) is 0. The summed E-state index contributed by atoms with van der Waals surface area (Å²) in [5.41, 5.74) is -0.00187. The molecule has 0 fully saturated rings. The average Bonchev–Trinajstić information content (AvgIpc) is 2.60. The van der Waals surface area contributed by atoms with Crippen LogP contribution in [0.3, 0.4) is 0 Å². The number of methoxy groups -OCH3 is 1. The Labute approximate surface area is 122 Å². The maximum atomic E-state index is 11.2. The van der Waals surface area contributed by atoms with Crippen LogP contribution in [0, 0.1) is 0 Å². The highest BCUT2D eigenvalue weighted by Crippen LogP contribution is 2.44. The van der Waals surface area contributed by atoms with Crippen LogP contribution >= 0.6 is 0 Å². The first-order chi connectivity index (χ1) is 9.63. The van der Waals surface area contributed by atoms with E-state index in [-0.39, 0.29) is 5.75 Å². The quantitative estimate of drug-likeness (QED) is 0.620. The SMILES string of the molecule is COC(=O)OC1Oc2ccc(OS(C)(=O)=O)cc2C1(C)C. The molecule has 1 heterocycles. The fourth-order valence-electron chi connectivity index (χ4n) is 2.04. The molecule has 0 saturated heterocycles. The third-order valence-electron chi connectivity index (χ3n) is 3.09. The molecule has 116 valence electrons. The van der Waals surface area contributed by atoms with Crippen molar-refractivity contribution in [3.63, 3.8) is 0 Å². The predicted molar refractivity (Wildman–Crippen MR) is 72.8 cm³/mol. The molecule has 0 N–H and O–H groups in total. The number of carbonyl (C=O) groups excluding carboxylic acids is 1. The van der Waals surface area contributed by atoms with Crippen LogP contribution < -0.4 is 8.92 Å². The highest BCUT2D eigenvalue weighted by atomic mass is 32.2. The van der Waals surface area contributed by atoms with Gasteiger partial charge in [-0.2, -0.15) is 8.42 Å². The molecule has 1 unspecified atom stereocenters. The molecule has 0 aromatic heterocycles. The standard InChI is InChI=1S/C13H16O7S/c1-13(2)9-7-8(20-21(4,15)16)5-6-10(9)18-11(13)19-12(14)17-3/h5-7,11H,1-4H3. The number of rotatable bonds is 3. The van der Waals surface area contributed by atoms with Crippen LogP contribution in [-0.2, 0) is 25.0 Å². The number of carbonyl (C=O) groups is 1. The number of fused-ring (bicyclic) bond motifs is 1. The molecule has 0 radical (unpaired) electrons. The van der Waals surface area contributed by atoms with Gasteiger partial charge in [0.1, 0.15) is 11.5 Å². The van der Waals surface area contributed by atoms with Gasteiger partial charge >= 0.3 is 16.3 Å². The first-order valence-electron chi connectivity index (χ1n) is 6.09. The summed E-state index contributed by atoms with van der Waals surface area (Å²) in [6.45, 7) is 3.60. The lowest BCUT2D eigenvalue weighted by Crippen LogP contribution is -2.36. The molecule has 1 aliphatic rings. The number of hydrogen-bond acceptors (Lipinski definition) is 7. The average molecular weight is 316 g/mol. The summed E-state index contributed by atoms with van der Waals surface area (Å²) in [6.07, 6.45) is -0.757. The topological polar surface area (TPSA) is 88.1 Å². The lowest BCUT2D eigenvalue weighted by atomic mass is 9.85. The molecule has 0 saturated carbocycles. The summed E-state index contributed by atoms with van der Waals surface area (Å²) in [7, 11) is -2.41. The maximum Gasteiger partial charge on any atom is 0.511 e. The summed E-state index contributed by atoms with van der Waals surface area (Å²) in [4.78, 5) is 11.2. The van der Waals surface area contributed by atoms with Crippen molar-refractivity contribution in [3.05, 3.63) is 23.8 Å². The van der Waals surface area contributed by atoms with Crippen LogP contribution in [0.4, 0.5) is 4.79 Å². The number of ether oxygens (including phenoxy) is 3. The van der Waals surface area contributed by atoms with E-state index in [1.807, 2.05) is 0 Å². The molecule has 8 heteroatoms. The molecule has 0 bridgehead atoms. The minimum absolute atomic E-state index is 0.173. The van der Waals surface area contributed by atoms with Crippen molar-refractivity contribution in [1.82, 2.24) is 0 Å². The van der Waals surface area contributed by atoms with Crippen LogP contribution in [0.25, 0.3) is 0 Å². The van der Waals surface area contributed by atoms with Crippen molar-refractivity contribution >= 4 is 16.3 Å². The first-order valence-corrected chi connectivity index (χ1v) is 7.90. The van der Waals surface area contributed by atoms with Gasteiger partial charge < -0.3 is 18.4 Å². The van der Waals surface area contributed by atoms with Crippen molar-refractivity contribution in [2.75, 3.05) is 13.4 Å². The third kappa shape index (κ3) is 3.21. The van der Waals surface area contributed by atoms with E-state index in [9.17, 15) is 13.2 Å². The Balaban J connectivity index is 2.31. The molecule has 21 heavy (non-hydrogen) atoms. The van der Waals surface area contributed by atoms with Gasteiger partial charge in [-0.15, -0.1) is 0 Å². The molecule has 1 aromatic rings. The zero-order valence-corrected chi connectivity index (χ0v) is 12.9. The summed E-state index contributed by atoms with van der Waals surface area (Å²) in [6, 6.07) is 4.59. The summed E-state index contributed by atoms with van der Waals surface area (Å²) < 4.78 is 42.2. The van der Waals surface area contributed by atoms with Gasteiger partial charge in [-0.05, 0) is 32.0 Å². The Morgan fingerprint density at radius 3 is 2.57 bits per heavy atom. The largest absolute Gasteiger partial charge is 0.511 e. The monoisotopic (exact) mass is 316 g/mol. The first kappa shape index (κ1) is 15.4. The van der Waals surface area contributed by atoms with E-state index >= 15 is 0 Å². The molecule has 1 atom stereocenters. The predicted octanol–water partition coefficient (Wildman–Crippen LogP) is 1.80. The maximum absolute atomic E-state index is 11.2. The molecular weight excluding hydrogens is 300 g/mol. The lowest BCUT2D eigenvalue weighted by molar-refractivity contribution is -0.0793. The van der Waals surface area contributed by atoms with Crippen molar-refractivity contribution in [1.29, 1.82) is 0 Å². The van der Waals surface area contributed by atoms with E-state index in [1.54, 1.807) is 26.0 Å². The Kier molecular flexibility index (Phi) is 3.75. The fourth-order valence-corrected chi connectivity index (χ4v) is 2.49. The van der Waals surface area contributed by atoms with Crippen LogP contribution in [0.2, 0.25) is 0 Å². The Morgan fingerprint density at radius 1 is 1.33 bits per heavy atom. The normalized spacial score (nSPS) is 19.3. The van der Waals surface area contributed by atoms with Gasteiger partial charge in [0.15, 0.2) is 0 Å². The second-order valence-corrected chi connectivity index (χ2v) is 6.76. The van der Waals surface area contributed by atoms with Crippen molar-refractivity contribution in [3.8, 4) is 11.5 Å². The Hall–Kier alpha value is -1.96. The molecule has 0 aliphatic carbocycles. The van der Waals surface area contributed by atoms with Crippen LogP contribution in [0.1, 0.15) is 19.4 Å². The molecule has 7 nitrogen and oxygen atoms in total. The van der Waals surface area contributed by atoms with E-state index in [0.29, 0.717) is 11.3 Å². The van der Waals surface area contributed by atoms with E-state index in [2.05, 4.69) is 4.74 Å². The zero-order valence-electron chi connectivity index (χ0n) is 12.1. The number of benzene rings is 1. The van der Waals surface area contributed by atoms with Crippen LogP contribution in [-0.4, -0.2) is 34.2 Å². The summed E-state index contributed by atoms with van der Waals surface area (Å²) in [5.74, 6) is 0.668. The van der Waals surface area contributed by atoms with Crippen LogP contribution in [0.15, 0.2) is 18.2 Å². The van der Waals surface area contributed by atoms with Gasteiger partial charge in [0.05, 0.1) is 18.8 Å². The highest BCUT2D eigenvalue weighted by Gasteiger charge is 2.45. The fraction of sp³-hybridized carbons (Fsp3) is 0.462. The van der Waals surface area contributed by atoms with E-state index in [4.69, 9.17) is 13.7 Å². The van der Waals surface area contributed by atoms with E-state index < -0.39 is 28.0 Å². The Morgan fingerprint density at radius 2 is 2.00 bits per heavy atom. The smallest absolute Gasteiger partial charge is 0.453 e. The van der Waals surface area contributed by atoms with Gasteiger partial charge in [-0.25, -0.2) is 4.79 Å². The van der Waals surface area contributed by atoms with Gasteiger partial charge in [-0.3, -0.25) is 0 Å². The van der Waals surface area contributed by atoms with Gasteiger partial charge in [0.25, 0.3) is 6.29 Å². The van der Waals surface area contributed by atoms with Crippen LogP contribution in [0.5, 0.6) is 11.5 Å². The molecule has 0 spiro atoms. The molecule has 2 rings (SSSR count). The highest BCUT2D eigenvalue weighted by molar-refractivity contribution is 7.86. The second kappa shape index (κ2) is 5.10. The van der Waals surface area contributed by atoms with Crippen molar-refractivity contribution in [2.45, 2.75) is 25.6 Å². The van der Waals surface area contributed by atoms with Gasteiger partial charge in [0, 0.05) is 5.56 Å². The molecule has 1 aromatic carbocycles. The van der Waals surface area contributed by atoms with Gasteiger partial charge in [0.2, 0.25) is 0 Å². The second-order valence-electron chi connectivity index (χ2n) is 5.19. The minimum atomic E-state index is -3.61. The zero-order chi connectivity index (χ0) is 15.8. The van der Waals surface area contributed by atoms with Crippen molar-refractivity contribution < 1.29 is 31.6 Å². The van der Waals surface area contributed by atoms with Crippen molar-refractivity contribution in [2.24, 2.45) is 0 Å². The number of hydrogen-bond donors (Lipinski definition) is 0. The van der Waals surface area contributed by atoms with E-state index in [0.717, 1.165) is 6.26 Å². The van der Waals surface area contributed by atoms with E-state index in [1.165, 1.54) is 13.2 Å². The molecule has 1 aliphatic heterocycles.